The van der Waals surface area contributed by atoms with Gasteiger partial charge < -0.3 is 15.8 Å². The van der Waals surface area contributed by atoms with Crippen molar-refractivity contribution in [1.29, 1.82) is 5.26 Å². The number of ether oxygens (including phenoxy) is 1. The molecule has 2 aromatic rings. The highest BCUT2D eigenvalue weighted by molar-refractivity contribution is 5.97. The van der Waals surface area contributed by atoms with Crippen molar-refractivity contribution in [2.75, 3.05) is 13.7 Å². The molecule has 0 unspecified atom stereocenters. The van der Waals surface area contributed by atoms with Crippen LogP contribution in [0.4, 0.5) is 4.39 Å². The molecule has 2 aromatic carbocycles. The maximum Gasteiger partial charge on any atom is 0.255 e. The summed E-state index contributed by atoms with van der Waals surface area (Å²) in [6, 6.07) is 7.86. The number of primary amides is 1. The van der Waals surface area contributed by atoms with Crippen molar-refractivity contribution in [2.45, 2.75) is 25.7 Å². The topological polar surface area (TPSA) is 105 Å². The number of halogens is 1. The molecule has 3 rings (SSSR count). The predicted molar refractivity (Wildman–Crippen MR) is 101 cm³/mol. The zero-order valence-electron chi connectivity index (χ0n) is 15.5. The molecule has 28 heavy (non-hydrogen) atoms. The lowest BCUT2D eigenvalue weighted by molar-refractivity contribution is 0.0953. The van der Waals surface area contributed by atoms with Crippen LogP contribution >= 0.6 is 0 Å². The Morgan fingerprint density at radius 1 is 1.25 bits per heavy atom. The number of rotatable bonds is 6. The predicted octanol–water partition coefficient (Wildman–Crippen LogP) is 2.27. The number of nitriles is 1. The number of nitrogens with one attached hydrogen (secondary N) is 1. The summed E-state index contributed by atoms with van der Waals surface area (Å²) in [7, 11) is 1.52. The van der Waals surface area contributed by atoms with E-state index >= 15 is 0 Å². The van der Waals surface area contributed by atoms with Crippen LogP contribution in [0.5, 0.6) is 5.75 Å². The number of fused-ring (bicyclic) bond motifs is 1. The highest BCUT2D eigenvalue weighted by Crippen LogP contribution is 2.37. The van der Waals surface area contributed by atoms with Gasteiger partial charge in [-0.05, 0) is 66.1 Å². The summed E-state index contributed by atoms with van der Waals surface area (Å²) >= 11 is 0. The molecule has 0 saturated carbocycles. The molecule has 0 aromatic heterocycles. The van der Waals surface area contributed by atoms with Gasteiger partial charge in [0.25, 0.3) is 11.8 Å². The SMILES string of the molecule is COc1c(C(N)=O)cc(Cc2ccc(C(=O)NCC#N)c(F)c2)c2c1CCC2. The van der Waals surface area contributed by atoms with Gasteiger partial charge in [0.1, 0.15) is 18.1 Å². The molecule has 0 saturated heterocycles. The van der Waals surface area contributed by atoms with Crippen molar-refractivity contribution >= 4 is 11.8 Å². The third kappa shape index (κ3) is 3.67. The van der Waals surface area contributed by atoms with E-state index in [4.69, 9.17) is 15.7 Å². The second-order valence-electron chi connectivity index (χ2n) is 6.62. The maximum absolute atomic E-state index is 14.4. The fourth-order valence-corrected chi connectivity index (χ4v) is 3.70. The molecular formula is C21H20FN3O3. The van der Waals surface area contributed by atoms with Crippen molar-refractivity contribution in [2.24, 2.45) is 5.73 Å². The van der Waals surface area contributed by atoms with Gasteiger partial charge in [0, 0.05) is 0 Å². The summed E-state index contributed by atoms with van der Waals surface area (Å²) in [4.78, 5) is 23.7. The van der Waals surface area contributed by atoms with Crippen LogP contribution in [0.2, 0.25) is 0 Å². The first-order valence-electron chi connectivity index (χ1n) is 8.91. The number of hydrogen-bond acceptors (Lipinski definition) is 4. The van der Waals surface area contributed by atoms with E-state index in [0.717, 1.165) is 36.0 Å². The summed E-state index contributed by atoms with van der Waals surface area (Å²) in [6.45, 7) is -0.187. The maximum atomic E-state index is 14.4. The van der Waals surface area contributed by atoms with Gasteiger partial charge in [0.15, 0.2) is 0 Å². The fraction of sp³-hybridized carbons (Fsp3) is 0.286. The summed E-state index contributed by atoms with van der Waals surface area (Å²) < 4.78 is 19.8. The van der Waals surface area contributed by atoms with Crippen molar-refractivity contribution in [3.05, 3.63) is 63.5 Å². The highest BCUT2D eigenvalue weighted by atomic mass is 19.1. The number of nitrogens with two attached hydrogens (primary N) is 1. The Bertz CT molecular complexity index is 995. The normalized spacial score (nSPS) is 12.2. The Morgan fingerprint density at radius 2 is 2.00 bits per heavy atom. The van der Waals surface area contributed by atoms with E-state index in [1.54, 1.807) is 18.2 Å². The third-order valence-electron chi connectivity index (χ3n) is 4.91. The van der Waals surface area contributed by atoms with Gasteiger partial charge in [0.2, 0.25) is 0 Å². The molecule has 0 radical (unpaired) electrons. The lowest BCUT2D eigenvalue weighted by Crippen LogP contribution is -2.24. The zero-order chi connectivity index (χ0) is 20.3. The van der Waals surface area contributed by atoms with E-state index in [0.29, 0.717) is 23.3 Å². The number of hydrogen-bond donors (Lipinski definition) is 2. The lowest BCUT2D eigenvalue weighted by atomic mass is 9.93. The van der Waals surface area contributed by atoms with E-state index in [1.165, 1.54) is 19.2 Å². The number of methoxy groups -OCH3 is 1. The van der Waals surface area contributed by atoms with Crippen molar-refractivity contribution in [1.82, 2.24) is 5.32 Å². The van der Waals surface area contributed by atoms with Gasteiger partial charge in [-0.1, -0.05) is 6.07 Å². The van der Waals surface area contributed by atoms with Gasteiger partial charge in [0.05, 0.1) is 24.3 Å². The Hall–Kier alpha value is -3.40. The van der Waals surface area contributed by atoms with Crippen LogP contribution in [0.3, 0.4) is 0 Å². The minimum absolute atomic E-state index is 0.114. The summed E-state index contributed by atoms with van der Waals surface area (Å²) in [5, 5.41) is 10.8. The van der Waals surface area contributed by atoms with E-state index in [2.05, 4.69) is 5.32 Å². The van der Waals surface area contributed by atoms with E-state index in [9.17, 15) is 14.0 Å². The first-order chi connectivity index (χ1) is 13.5. The van der Waals surface area contributed by atoms with Crippen molar-refractivity contribution in [3.8, 4) is 11.8 Å². The average molecular weight is 381 g/mol. The number of amides is 2. The van der Waals surface area contributed by atoms with Crippen LogP contribution in [0.1, 0.15) is 49.4 Å². The van der Waals surface area contributed by atoms with Crippen molar-refractivity contribution < 1.29 is 18.7 Å². The number of carbonyl (C=O) groups excluding carboxylic acids is 2. The molecule has 0 aliphatic heterocycles. The molecule has 2 amide bonds. The second-order valence-corrected chi connectivity index (χ2v) is 6.62. The smallest absolute Gasteiger partial charge is 0.255 e. The highest BCUT2D eigenvalue weighted by Gasteiger charge is 2.25. The van der Waals surface area contributed by atoms with Gasteiger partial charge in [-0.3, -0.25) is 9.59 Å². The first kappa shape index (κ1) is 19.4. The molecule has 144 valence electrons. The Morgan fingerprint density at radius 3 is 2.64 bits per heavy atom. The lowest BCUT2D eigenvalue weighted by Gasteiger charge is -2.16. The first-order valence-corrected chi connectivity index (χ1v) is 8.91. The minimum atomic E-state index is -0.659. The number of nitrogens with zero attached hydrogens (tertiary/aromatic N) is 1. The zero-order valence-corrected chi connectivity index (χ0v) is 15.5. The molecule has 1 aliphatic rings. The standard InChI is InChI=1S/C21H20FN3O3/c1-28-19-15-4-2-3-14(15)13(11-17(19)20(24)26)9-12-5-6-16(18(22)10-12)21(27)25-8-7-23/h5-6,10-11H,2-4,8-9H2,1H3,(H2,24,26)(H,25,27). The quantitative estimate of drug-likeness (QED) is 0.749. The van der Waals surface area contributed by atoms with E-state index < -0.39 is 17.6 Å². The second kappa shape index (κ2) is 8.09. The molecule has 1 aliphatic carbocycles. The van der Waals surface area contributed by atoms with Gasteiger partial charge in [-0.25, -0.2) is 4.39 Å². The Balaban J connectivity index is 1.94. The summed E-state index contributed by atoms with van der Waals surface area (Å²) in [5.41, 5.74) is 9.40. The molecule has 0 heterocycles. The van der Waals surface area contributed by atoms with Crippen molar-refractivity contribution in [3.63, 3.8) is 0 Å². The molecule has 7 heteroatoms. The molecule has 6 nitrogen and oxygen atoms in total. The van der Waals surface area contributed by atoms with Crippen LogP contribution in [-0.2, 0) is 19.3 Å². The summed E-state index contributed by atoms with van der Waals surface area (Å²) in [5.74, 6) is -1.33. The fourth-order valence-electron chi connectivity index (χ4n) is 3.70. The Labute approximate surface area is 162 Å². The number of benzene rings is 2. The van der Waals surface area contributed by atoms with Gasteiger partial charge in [-0.2, -0.15) is 5.26 Å². The molecular weight excluding hydrogens is 361 g/mol. The monoisotopic (exact) mass is 381 g/mol. The summed E-state index contributed by atoms with van der Waals surface area (Å²) in [6.07, 6.45) is 3.02. The van der Waals surface area contributed by atoms with Crippen LogP contribution in [0.25, 0.3) is 0 Å². The van der Waals surface area contributed by atoms with Crippen LogP contribution in [0, 0.1) is 17.1 Å². The Kier molecular flexibility index (Phi) is 5.59. The van der Waals surface area contributed by atoms with Crippen LogP contribution in [0.15, 0.2) is 24.3 Å². The molecule has 0 fully saturated rings. The van der Waals surface area contributed by atoms with Gasteiger partial charge >= 0.3 is 0 Å². The average Bonchev–Trinajstić information content (AvgIpc) is 3.16. The van der Waals surface area contributed by atoms with E-state index in [-0.39, 0.29) is 12.1 Å². The molecule has 3 N–H and O–H groups in total. The third-order valence-corrected chi connectivity index (χ3v) is 4.91. The van der Waals surface area contributed by atoms with Crippen LogP contribution < -0.4 is 15.8 Å². The molecule has 0 atom stereocenters. The molecule has 0 spiro atoms. The number of carbonyl (C=O) groups is 2. The largest absolute Gasteiger partial charge is 0.496 e. The molecule has 0 bridgehead atoms. The van der Waals surface area contributed by atoms with Crippen LogP contribution in [-0.4, -0.2) is 25.5 Å². The minimum Gasteiger partial charge on any atom is -0.496 e. The van der Waals surface area contributed by atoms with E-state index in [1.807, 2.05) is 0 Å². The van der Waals surface area contributed by atoms with Gasteiger partial charge in [-0.15, -0.1) is 0 Å².